The third-order valence-electron chi connectivity index (χ3n) is 5.19. The molecule has 0 saturated heterocycles. The summed E-state index contributed by atoms with van der Waals surface area (Å²) in [4.78, 5) is 0. The third kappa shape index (κ3) is 3.00. The monoisotopic (exact) mass is 223 g/mol. The molecule has 2 rings (SSSR count). The Balaban J connectivity index is 1.74. The first-order valence-electron chi connectivity index (χ1n) is 7.45. The summed E-state index contributed by atoms with van der Waals surface area (Å²) < 4.78 is 0. The van der Waals surface area contributed by atoms with E-state index in [1.54, 1.807) is 0 Å². The smallest absolute Gasteiger partial charge is 0.00723 e. The fourth-order valence-corrected chi connectivity index (χ4v) is 3.63. The Hall–Kier alpha value is -0.0400. The van der Waals surface area contributed by atoms with Crippen LogP contribution in [-0.2, 0) is 0 Å². The Morgan fingerprint density at radius 3 is 2.19 bits per heavy atom. The predicted octanol–water partition coefficient (Wildman–Crippen LogP) is 3.98. The van der Waals surface area contributed by atoms with Gasteiger partial charge < -0.3 is 5.32 Å². The lowest BCUT2D eigenvalue weighted by Crippen LogP contribution is -2.41. The van der Waals surface area contributed by atoms with Crippen molar-refractivity contribution >= 4 is 0 Å². The number of nitrogens with one attached hydrogen (secondary N) is 1. The summed E-state index contributed by atoms with van der Waals surface area (Å²) in [5.41, 5.74) is 0. The molecule has 0 radical (unpaired) electrons. The van der Waals surface area contributed by atoms with Gasteiger partial charge in [0.15, 0.2) is 0 Å². The molecule has 0 bridgehead atoms. The first-order chi connectivity index (χ1) is 7.69. The molecule has 2 saturated carbocycles. The quantitative estimate of drug-likeness (QED) is 0.763. The molecule has 0 aromatic heterocycles. The topological polar surface area (TPSA) is 12.0 Å². The van der Waals surface area contributed by atoms with Gasteiger partial charge in [0.1, 0.15) is 0 Å². The summed E-state index contributed by atoms with van der Waals surface area (Å²) in [5.74, 6) is 2.89. The van der Waals surface area contributed by atoms with Crippen molar-refractivity contribution in [2.24, 2.45) is 17.8 Å². The van der Waals surface area contributed by atoms with E-state index < -0.39 is 0 Å². The number of hydrogen-bond acceptors (Lipinski definition) is 1. The highest BCUT2D eigenvalue weighted by Crippen LogP contribution is 2.32. The van der Waals surface area contributed by atoms with Gasteiger partial charge in [-0.1, -0.05) is 27.2 Å². The van der Waals surface area contributed by atoms with E-state index in [-0.39, 0.29) is 0 Å². The zero-order valence-electron chi connectivity index (χ0n) is 11.3. The van der Waals surface area contributed by atoms with Crippen molar-refractivity contribution in [1.82, 2.24) is 5.32 Å². The molecule has 0 amide bonds. The van der Waals surface area contributed by atoms with Gasteiger partial charge in [-0.25, -0.2) is 0 Å². The molecular weight excluding hydrogens is 194 g/mol. The average molecular weight is 223 g/mol. The van der Waals surface area contributed by atoms with E-state index in [1.807, 2.05) is 0 Å². The average Bonchev–Trinajstić information content (AvgIpc) is 2.71. The molecule has 0 aliphatic heterocycles. The molecule has 1 heteroatoms. The molecule has 5 unspecified atom stereocenters. The molecule has 2 aliphatic rings. The van der Waals surface area contributed by atoms with E-state index in [2.05, 4.69) is 26.1 Å². The standard InChI is InChI=1S/C15H29N/c1-4-13-6-8-15(10-13)16-14-7-5-11(2)12(3)9-14/h11-16H,4-10H2,1-3H3. The van der Waals surface area contributed by atoms with Crippen LogP contribution in [0.5, 0.6) is 0 Å². The largest absolute Gasteiger partial charge is 0.311 e. The molecule has 5 atom stereocenters. The molecule has 1 nitrogen and oxygen atoms in total. The SMILES string of the molecule is CCC1CCC(NC2CCC(C)C(C)C2)C1. The summed E-state index contributed by atoms with van der Waals surface area (Å²) >= 11 is 0. The minimum Gasteiger partial charge on any atom is -0.311 e. The Morgan fingerprint density at radius 1 is 0.875 bits per heavy atom. The van der Waals surface area contributed by atoms with Crippen molar-refractivity contribution in [2.45, 2.75) is 77.8 Å². The normalized spacial score (nSPS) is 44.8. The van der Waals surface area contributed by atoms with Gasteiger partial charge in [0.2, 0.25) is 0 Å². The number of hydrogen-bond donors (Lipinski definition) is 1. The first kappa shape index (κ1) is 12.4. The molecule has 1 N–H and O–H groups in total. The fraction of sp³-hybridized carbons (Fsp3) is 1.00. The predicted molar refractivity (Wildman–Crippen MR) is 70.5 cm³/mol. The minimum atomic E-state index is 0.826. The highest BCUT2D eigenvalue weighted by atomic mass is 15.0. The second kappa shape index (κ2) is 5.53. The van der Waals surface area contributed by atoms with Gasteiger partial charge in [-0.2, -0.15) is 0 Å². The van der Waals surface area contributed by atoms with Gasteiger partial charge in [0.05, 0.1) is 0 Å². The molecule has 2 aliphatic carbocycles. The molecule has 16 heavy (non-hydrogen) atoms. The second-order valence-electron chi connectivity index (χ2n) is 6.42. The lowest BCUT2D eigenvalue weighted by molar-refractivity contribution is 0.214. The van der Waals surface area contributed by atoms with Crippen LogP contribution in [0.1, 0.15) is 65.7 Å². The zero-order valence-corrected chi connectivity index (χ0v) is 11.3. The van der Waals surface area contributed by atoms with Crippen LogP contribution in [-0.4, -0.2) is 12.1 Å². The highest BCUT2D eigenvalue weighted by Gasteiger charge is 2.29. The van der Waals surface area contributed by atoms with E-state index in [9.17, 15) is 0 Å². The van der Waals surface area contributed by atoms with Gasteiger partial charge in [0.25, 0.3) is 0 Å². The van der Waals surface area contributed by atoms with E-state index in [4.69, 9.17) is 0 Å². The maximum Gasteiger partial charge on any atom is 0.00723 e. The molecule has 94 valence electrons. The lowest BCUT2D eigenvalue weighted by atomic mass is 9.79. The van der Waals surface area contributed by atoms with Crippen LogP contribution in [0, 0.1) is 17.8 Å². The van der Waals surface area contributed by atoms with Crippen molar-refractivity contribution in [3.05, 3.63) is 0 Å². The Labute approximate surface area is 101 Å². The van der Waals surface area contributed by atoms with E-state index in [0.29, 0.717) is 0 Å². The van der Waals surface area contributed by atoms with Crippen molar-refractivity contribution in [3.63, 3.8) is 0 Å². The van der Waals surface area contributed by atoms with Gasteiger partial charge in [0, 0.05) is 12.1 Å². The summed E-state index contributed by atoms with van der Waals surface area (Å²) in [5, 5.41) is 3.93. The minimum absolute atomic E-state index is 0.826. The van der Waals surface area contributed by atoms with Crippen LogP contribution in [0.2, 0.25) is 0 Å². The van der Waals surface area contributed by atoms with Crippen molar-refractivity contribution in [1.29, 1.82) is 0 Å². The molecule has 0 heterocycles. The maximum absolute atomic E-state index is 3.93. The van der Waals surface area contributed by atoms with Crippen LogP contribution < -0.4 is 5.32 Å². The fourth-order valence-electron chi connectivity index (χ4n) is 3.63. The van der Waals surface area contributed by atoms with Crippen LogP contribution in [0.3, 0.4) is 0 Å². The molecule has 0 spiro atoms. The lowest BCUT2D eigenvalue weighted by Gasteiger charge is -2.34. The van der Waals surface area contributed by atoms with E-state index >= 15 is 0 Å². The Morgan fingerprint density at radius 2 is 1.56 bits per heavy atom. The van der Waals surface area contributed by atoms with E-state index in [1.165, 1.54) is 44.9 Å². The Kier molecular flexibility index (Phi) is 4.29. The summed E-state index contributed by atoms with van der Waals surface area (Å²) in [6.45, 7) is 7.20. The van der Waals surface area contributed by atoms with Crippen LogP contribution in [0.15, 0.2) is 0 Å². The molecule has 2 fully saturated rings. The molecule has 0 aromatic carbocycles. The van der Waals surface area contributed by atoms with Crippen molar-refractivity contribution < 1.29 is 0 Å². The maximum atomic E-state index is 3.93. The van der Waals surface area contributed by atoms with Gasteiger partial charge in [-0.15, -0.1) is 0 Å². The summed E-state index contributed by atoms with van der Waals surface area (Å²) in [7, 11) is 0. The van der Waals surface area contributed by atoms with Crippen LogP contribution in [0.25, 0.3) is 0 Å². The zero-order chi connectivity index (χ0) is 11.5. The van der Waals surface area contributed by atoms with Gasteiger partial charge >= 0.3 is 0 Å². The van der Waals surface area contributed by atoms with E-state index in [0.717, 1.165) is 29.8 Å². The Bertz CT molecular complexity index is 213. The molecule has 0 aromatic rings. The van der Waals surface area contributed by atoms with Crippen molar-refractivity contribution in [2.75, 3.05) is 0 Å². The van der Waals surface area contributed by atoms with Crippen molar-refractivity contribution in [3.8, 4) is 0 Å². The van der Waals surface area contributed by atoms with Crippen LogP contribution >= 0.6 is 0 Å². The first-order valence-corrected chi connectivity index (χ1v) is 7.45. The third-order valence-corrected chi connectivity index (χ3v) is 5.19. The van der Waals surface area contributed by atoms with Crippen LogP contribution in [0.4, 0.5) is 0 Å². The highest BCUT2D eigenvalue weighted by molar-refractivity contribution is 4.86. The molecular formula is C15H29N. The van der Waals surface area contributed by atoms with Gasteiger partial charge in [-0.3, -0.25) is 0 Å². The summed E-state index contributed by atoms with van der Waals surface area (Å²) in [6, 6.07) is 1.67. The summed E-state index contributed by atoms with van der Waals surface area (Å²) in [6.07, 6.45) is 9.98. The number of rotatable bonds is 3. The second-order valence-corrected chi connectivity index (χ2v) is 6.42. The van der Waals surface area contributed by atoms with Gasteiger partial charge in [-0.05, 0) is 56.3 Å².